The van der Waals surface area contributed by atoms with Gasteiger partial charge in [-0.05, 0) is 49.8 Å². The van der Waals surface area contributed by atoms with Crippen molar-refractivity contribution in [1.82, 2.24) is 5.32 Å². The first-order valence-corrected chi connectivity index (χ1v) is 8.26. The van der Waals surface area contributed by atoms with Gasteiger partial charge in [0.15, 0.2) is 5.78 Å². The summed E-state index contributed by atoms with van der Waals surface area (Å²) >= 11 is 7.80. The van der Waals surface area contributed by atoms with Gasteiger partial charge in [-0.15, -0.1) is 11.8 Å². The van der Waals surface area contributed by atoms with Crippen LogP contribution < -0.4 is 5.32 Å². The average Bonchev–Trinajstić information content (AvgIpc) is 2.46. The summed E-state index contributed by atoms with van der Waals surface area (Å²) in [5, 5.41) is 3.95. The van der Waals surface area contributed by atoms with Crippen LogP contribution >= 0.6 is 23.4 Å². The first-order chi connectivity index (χ1) is 9.22. The lowest BCUT2D eigenvalue weighted by Gasteiger charge is -2.22. The van der Waals surface area contributed by atoms with Gasteiger partial charge < -0.3 is 5.32 Å². The third kappa shape index (κ3) is 3.98. The van der Waals surface area contributed by atoms with E-state index >= 15 is 0 Å². The number of carbonyl (C=O) groups excluding carboxylic acids is 1. The Labute approximate surface area is 124 Å². The van der Waals surface area contributed by atoms with Crippen LogP contribution in [0.1, 0.15) is 36.5 Å². The zero-order valence-electron chi connectivity index (χ0n) is 11.2. The minimum absolute atomic E-state index is 0.105. The number of Topliss-reactive ketones (excluding diaryl/α,β-unsaturated/α-hetero) is 1. The number of hydrogen-bond donors (Lipinski definition) is 1. The average molecular weight is 298 g/mol. The Morgan fingerprint density at radius 1 is 1.53 bits per heavy atom. The van der Waals surface area contributed by atoms with Gasteiger partial charge in [0, 0.05) is 27.9 Å². The lowest BCUT2D eigenvalue weighted by Crippen LogP contribution is -2.34. The van der Waals surface area contributed by atoms with Crippen LogP contribution in [-0.2, 0) is 0 Å². The fourth-order valence-corrected chi connectivity index (χ4v) is 3.40. The zero-order valence-corrected chi connectivity index (χ0v) is 12.8. The van der Waals surface area contributed by atoms with Gasteiger partial charge in [0.25, 0.3) is 0 Å². The largest absolute Gasteiger partial charge is 0.316 e. The monoisotopic (exact) mass is 297 g/mol. The lowest BCUT2D eigenvalue weighted by atomic mass is 9.91. The molecule has 1 N–H and O–H groups in total. The Bertz CT molecular complexity index is 444. The Morgan fingerprint density at radius 3 is 3.05 bits per heavy atom. The number of rotatable bonds is 5. The molecule has 2 rings (SSSR count). The van der Waals surface area contributed by atoms with Gasteiger partial charge in [-0.2, -0.15) is 0 Å². The second-order valence-electron chi connectivity index (χ2n) is 4.90. The van der Waals surface area contributed by atoms with Gasteiger partial charge in [-0.1, -0.05) is 18.5 Å². The van der Waals surface area contributed by atoms with Gasteiger partial charge in [-0.3, -0.25) is 4.79 Å². The van der Waals surface area contributed by atoms with Crippen LogP contribution in [0.4, 0.5) is 0 Å². The summed E-state index contributed by atoms with van der Waals surface area (Å²) in [6, 6.07) is 5.68. The third-order valence-corrected chi connectivity index (χ3v) is 4.85. The van der Waals surface area contributed by atoms with Crippen LogP contribution in [0.3, 0.4) is 0 Å². The molecule has 0 saturated carbocycles. The van der Waals surface area contributed by atoms with Crippen LogP contribution in [0.5, 0.6) is 0 Å². The molecule has 0 spiro atoms. The Morgan fingerprint density at radius 2 is 2.37 bits per heavy atom. The number of piperidine rings is 1. The predicted octanol–water partition coefficient (Wildman–Crippen LogP) is 4.02. The highest BCUT2D eigenvalue weighted by Gasteiger charge is 2.24. The van der Waals surface area contributed by atoms with E-state index in [1.165, 1.54) is 0 Å². The fraction of sp³-hybridized carbons (Fsp3) is 0.533. The van der Waals surface area contributed by atoms with Gasteiger partial charge in [0.1, 0.15) is 0 Å². The minimum atomic E-state index is 0.105. The van der Waals surface area contributed by atoms with E-state index in [9.17, 15) is 4.79 Å². The molecule has 1 saturated heterocycles. The van der Waals surface area contributed by atoms with Crippen molar-refractivity contribution in [2.24, 2.45) is 5.92 Å². The molecule has 1 aliphatic rings. The second kappa shape index (κ2) is 7.32. The number of nitrogens with one attached hydrogen (secondary N) is 1. The van der Waals surface area contributed by atoms with Crippen molar-refractivity contribution in [3.05, 3.63) is 28.8 Å². The molecule has 0 aliphatic carbocycles. The van der Waals surface area contributed by atoms with E-state index in [4.69, 9.17) is 11.6 Å². The molecule has 1 aromatic rings. The molecule has 1 unspecified atom stereocenters. The summed E-state index contributed by atoms with van der Waals surface area (Å²) in [6.45, 7) is 3.97. The molecule has 1 aliphatic heterocycles. The maximum Gasteiger partial charge on any atom is 0.168 e. The SMILES string of the molecule is CCCSc1ccc(Cl)cc1C(=O)C1CCCNC1. The molecule has 1 atom stereocenters. The molecule has 0 radical (unpaired) electrons. The van der Waals surface area contributed by atoms with E-state index in [1.807, 2.05) is 18.2 Å². The van der Waals surface area contributed by atoms with Crippen LogP contribution in [-0.4, -0.2) is 24.6 Å². The van der Waals surface area contributed by atoms with Crippen LogP contribution in [0.15, 0.2) is 23.1 Å². The standard InChI is InChI=1S/C15H20ClNOS/c1-2-8-19-14-6-5-12(16)9-13(14)15(18)11-4-3-7-17-10-11/h5-6,9,11,17H,2-4,7-8,10H2,1H3. The zero-order chi connectivity index (χ0) is 13.7. The highest BCUT2D eigenvalue weighted by atomic mass is 35.5. The number of thioether (sulfide) groups is 1. The number of ketones is 1. The van der Waals surface area contributed by atoms with Crippen LogP contribution in [0.2, 0.25) is 5.02 Å². The maximum atomic E-state index is 12.6. The summed E-state index contributed by atoms with van der Waals surface area (Å²) in [5.74, 6) is 1.38. The van der Waals surface area contributed by atoms with E-state index in [0.717, 1.165) is 48.6 Å². The first kappa shape index (κ1) is 14.9. The van der Waals surface area contributed by atoms with E-state index < -0.39 is 0 Å². The number of hydrogen-bond acceptors (Lipinski definition) is 3. The Kier molecular flexibility index (Phi) is 5.74. The molecule has 19 heavy (non-hydrogen) atoms. The molecule has 104 valence electrons. The maximum absolute atomic E-state index is 12.6. The van der Waals surface area contributed by atoms with Gasteiger partial charge >= 0.3 is 0 Å². The molecule has 1 heterocycles. The molecular weight excluding hydrogens is 278 g/mol. The number of benzene rings is 1. The van der Waals surface area contributed by atoms with Gasteiger partial charge in [0.2, 0.25) is 0 Å². The molecule has 1 fully saturated rings. The summed E-state index contributed by atoms with van der Waals surface area (Å²) in [5.41, 5.74) is 0.805. The van der Waals surface area contributed by atoms with Crippen LogP contribution in [0.25, 0.3) is 0 Å². The van der Waals surface area contributed by atoms with Crippen molar-refractivity contribution < 1.29 is 4.79 Å². The van der Waals surface area contributed by atoms with Crippen molar-refractivity contribution in [2.45, 2.75) is 31.1 Å². The quantitative estimate of drug-likeness (QED) is 0.657. The van der Waals surface area contributed by atoms with E-state index in [0.29, 0.717) is 5.02 Å². The third-order valence-electron chi connectivity index (χ3n) is 3.34. The predicted molar refractivity (Wildman–Crippen MR) is 82.4 cm³/mol. The normalized spacial score (nSPS) is 19.4. The number of halogens is 1. The van der Waals surface area contributed by atoms with Crippen molar-refractivity contribution >= 4 is 29.1 Å². The highest BCUT2D eigenvalue weighted by molar-refractivity contribution is 7.99. The van der Waals surface area contributed by atoms with Crippen molar-refractivity contribution in [3.8, 4) is 0 Å². The number of carbonyl (C=O) groups is 1. The molecule has 0 aromatic heterocycles. The second-order valence-corrected chi connectivity index (χ2v) is 6.47. The van der Waals surface area contributed by atoms with Crippen molar-refractivity contribution in [2.75, 3.05) is 18.8 Å². The van der Waals surface area contributed by atoms with Crippen molar-refractivity contribution in [1.29, 1.82) is 0 Å². The highest BCUT2D eigenvalue weighted by Crippen LogP contribution is 2.29. The molecule has 0 bridgehead atoms. The van der Waals surface area contributed by atoms with Gasteiger partial charge in [-0.25, -0.2) is 0 Å². The fourth-order valence-electron chi connectivity index (χ4n) is 2.33. The smallest absolute Gasteiger partial charge is 0.168 e. The topological polar surface area (TPSA) is 29.1 Å². The molecule has 2 nitrogen and oxygen atoms in total. The molecular formula is C15H20ClNOS. The molecule has 0 amide bonds. The van der Waals surface area contributed by atoms with E-state index in [1.54, 1.807) is 11.8 Å². The van der Waals surface area contributed by atoms with E-state index in [-0.39, 0.29) is 11.7 Å². The minimum Gasteiger partial charge on any atom is -0.316 e. The summed E-state index contributed by atoms with van der Waals surface area (Å²) in [7, 11) is 0. The van der Waals surface area contributed by atoms with E-state index in [2.05, 4.69) is 12.2 Å². The summed E-state index contributed by atoms with van der Waals surface area (Å²) < 4.78 is 0. The molecule has 1 aromatic carbocycles. The summed E-state index contributed by atoms with van der Waals surface area (Å²) in [6.07, 6.45) is 3.16. The Balaban J connectivity index is 2.20. The van der Waals surface area contributed by atoms with Crippen LogP contribution in [0, 0.1) is 5.92 Å². The molecule has 4 heteroatoms. The van der Waals surface area contributed by atoms with Crippen molar-refractivity contribution in [3.63, 3.8) is 0 Å². The lowest BCUT2D eigenvalue weighted by molar-refractivity contribution is 0.0896. The van der Waals surface area contributed by atoms with Gasteiger partial charge in [0.05, 0.1) is 0 Å². The summed E-state index contributed by atoms with van der Waals surface area (Å²) in [4.78, 5) is 13.7. The first-order valence-electron chi connectivity index (χ1n) is 6.89. The Hall–Kier alpha value is -0.510.